The van der Waals surface area contributed by atoms with Crippen molar-refractivity contribution in [1.82, 2.24) is 15.1 Å². The van der Waals surface area contributed by atoms with Gasteiger partial charge in [-0.05, 0) is 80.1 Å². The van der Waals surface area contributed by atoms with Crippen molar-refractivity contribution in [2.75, 3.05) is 33.2 Å². The van der Waals surface area contributed by atoms with Gasteiger partial charge in [-0.25, -0.2) is 4.39 Å². The third-order valence-electron chi connectivity index (χ3n) is 7.68. The Labute approximate surface area is 221 Å². The highest BCUT2D eigenvalue weighted by molar-refractivity contribution is 5.97. The number of amides is 2. The van der Waals surface area contributed by atoms with Crippen LogP contribution < -0.4 is 5.32 Å². The van der Waals surface area contributed by atoms with Crippen LogP contribution in [0.3, 0.4) is 0 Å². The van der Waals surface area contributed by atoms with E-state index < -0.39 is 23.7 Å². The number of alkyl halides is 3. The van der Waals surface area contributed by atoms with Crippen molar-refractivity contribution >= 4 is 11.8 Å². The molecule has 5 nitrogen and oxygen atoms in total. The van der Waals surface area contributed by atoms with E-state index in [1.807, 2.05) is 19.2 Å². The molecule has 0 aromatic heterocycles. The smallest absolute Gasteiger partial charge is 0.340 e. The van der Waals surface area contributed by atoms with Crippen LogP contribution in [0.25, 0.3) is 0 Å². The Kier molecular flexibility index (Phi) is 9.07. The average molecular weight is 534 g/mol. The Balaban J connectivity index is 1.29. The predicted molar refractivity (Wildman–Crippen MR) is 137 cm³/mol. The van der Waals surface area contributed by atoms with Crippen molar-refractivity contribution < 1.29 is 27.2 Å². The highest BCUT2D eigenvalue weighted by atomic mass is 19.4. The summed E-state index contributed by atoms with van der Waals surface area (Å²) in [5.74, 6) is 0.174. The first-order chi connectivity index (χ1) is 18.1. The van der Waals surface area contributed by atoms with Gasteiger partial charge >= 0.3 is 6.18 Å². The molecule has 0 bridgehead atoms. The molecule has 3 atom stereocenters. The number of hydrogen-bond acceptors (Lipinski definition) is 3. The first-order valence-corrected chi connectivity index (χ1v) is 13.3. The van der Waals surface area contributed by atoms with Crippen molar-refractivity contribution in [2.45, 2.75) is 56.7 Å². The number of nitrogens with one attached hydrogen (secondary N) is 1. The molecule has 2 amide bonds. The van der Waals surface area contributed by atoms with Crippen molar-refractivity contribution in [3.05, 3.63) is 71.0 Å². The zero-order valence-electron chi connectivity index (χ0n) is 21.6. The summed E-state index contributed by atoms with van der Waals surface area (Å²) in [7, 11) is 1.99. The van der Waals surface area contributed by atoms with E-state index in [9.17, 15) is 27.2 Å². The molecule has 1 saturated heterocycles. The summed E-state index contributed by atoms with van der Waals surface area (Å²) in [6, 6.07) is 10.0. The van der Waals surface area contributed by atoms with Gasteiger partial charge in [0.25, 0.3) is 5.91 Å². The highest BCUT2D eigenvalue weighted by Crippen LogP contribution is 2.50. The molecular weight excluding hydrogens is 498 g/mol. The number of benzene rings is 2. The molecule has 0 radical (unpaired) electrons. The topological polar surface area (TPSA) is 52.6 Å². The van der Waals surface area contributed by atoms with Gasteiger partial charge < -0.3 is 15.1 Å². The molecule has 38 heavy (non-hydrogen) atoms. The molecule has 1 saturated carbocycles. The molecule has 206 valence electrons. The maximum atomic E-state index is 13.3. The van der Waals surface area contributed by atoms with Crippen LogP contribution in [0.4, 0.5) is 17.6 Å². The maximum Gasteiger partial charge on any atom is 0.416 e. The molecule has 1 aliphatic heterocycles. The molecule has 0 spiro atoms. The van der Waals surface area contributed by atoms with Gasteiger partial charge in [0.1, 0.15) is 11.9 Å². The quantitative estimate of drug-likeness (QED) is 0.326. The summed E-state index contributed by atoms with van der Waals surface area (Å²) >= 11 is 0. The van der Waals surface area contributed by atoms with Crippen LogP contribution in [0, 0.1) is 11.7 Å². The molecule has 2 aromatic carbocycles. The molecule has 1 unspecified atom stereocenters. The lowest BCUT2D eigenvalue weighted by Crippen LogP contribution is -2.54. The lowest BCUT2D eigenvalue weighted by Gasteiger charge is -2.34. The van der Waals surface area contributed by atoms with Crippen molar-refractivity contribution in [3.8, 4) is 0 Å². The number of unbranched alkanes of at least 4 members (excludes halogenated alkanes) is 2. The fourth-order valence-electron chi connectivity index (χ4n) is 5.17. The lowest BCUT2D eigenvalue weighted by molar-refractivity contribution is -0.137. The molecule has 2 fully saturated rings. The van der Waals surface area contributed by atoms with Crippen LogP contribution in [0.15, 0.2) is 48.5 Å². The number of halogens is 4. The summed E-state index contributed by atoms with van der Waals surface area (Å²) in [5.41, 5.74) is 0.450. The molecule has 2 aromatic rings. The van der Waals surface area contributed by atoms with Crippen LogP contribution in [0.2, 0.25) is 0 Å². The zero-order valence-corrected chi connectivity index (χ0v) is 21.6. The molecule has 1 heterocycles. The maximum absolute atomic E-state index is 13.3. The second-order valence-electron chi connectivity index (χ2n) is 10.5. The Morgan fingerprint density at radius 3 is 2.24 bits per heavy atom. The predicted octanol–water partition coefficient (Wildman–Crippen LogP) is 5.47. The van der Waals surface area contributed by atoms with Crippen molar-refractivity contribution in [3.63, 3.8) is 0 Å². The first-order valence-electron chi connectivity index (χ1n) is 13.3. The van der Waals surface area contributed by atoms with Crippen LogP contribution in [0.1, 0.15) is 65.9 Å². The number of hydrogen-bond donors (Lipinski definition) is 1. The second kappa shape index (κ2) is 12.3. The standard InChI is InChI=1S/C29H35F4N3O2/c1-35-15-17-36(18-16-35)28(38)26(34-27(37)21-7-11-23(12-8-21)29(31,32)33)6-4-2-3-5-22-19-25(22)20-9-13-24(30)14-10-20/h7-14,22,25-26H,2-6,15-19H2,1H3,(H,34,37)/t22?,25-,26-/m0/s1. The Morgan fingerprint density at radius 2 is 1.61 bits per heavy atom. The molecular formula is C29H35F4N3O2. The summed E-state index contributed by atoms with van der Waals surface area (Å²) in [6.45, 7) is 2.66. The summed E-state index contributed by atoms with van der Waals surface area (Å²) in [5, 5.41) is 2.79. The fourth-order valence-corrected chi connectivity index (χ4v) is 5.17. The highest BCUT2D eigenvalue weighted by Gasteiger charge is 2.37. The average Bonchev–Trinajstić information content (AvgIpc) is 3.67. The number of nitrogens with zero attached hydrogens (tertiary/aromatic N) is 2. The van der Waals surface area contributed by atoms with Gasteiger partial charge in [0.15, 0.2) is 0 Å². The third kappa shape index (κ3) is 7.56. The zero-order chi connectivity index (χ0) is 27.3. The van der Waals surface area contributed by atoms with Crippen molar-refractivity contribution in [1.29, 1.82) is 0 Å². The molecule has 9 heteroatoms. The van der Waals surface area contributed by atoms with E-state index in [2.05, 4.69) is 10.2 Å². The van der Waals surface area contributed by atoms with Gasteiger partial charge in [0.05, 0.1) is 5.56 Å². The van der Waals surface area contributed by atoms with Gasteiger partial charge in [-0.15, -0.1) is 0 Å². The minimum absolute atomic E-state index is 0.0924. The number of carbonyl (C=O) groups is 2. The Bertz CT molecular complexity index is 1080. The SMILES string of the molecule is CN1CCN(C(=O)[C@H](CCCCCC2C[C@H]2c2ccc(F)cc2)NC(=O)c2ccc(C(F)(F)F)cc2)CC1. The number of rotatable bonds is 10. The normalized spacial score (nSPS) is 20.7. The molecule has 1 N–H and O–H groups in total. The van der Waals surface area contributed by atoms with Gasteiger partial charge in [0.2, 0.25) is 5.91 Å². The second-order valence-corrected chi connectivity index (χ2v) is 10.5. The molecule has 1 aliphatic carbocycles. The summed E-state index contributed by atoms with van der Waals surface area (Å²) in [6.07, 6.45) is 0.847. The van der Waals surface area contributed by atoms with Crippen LogP contribution >= 0.6 is 0 Å². The third-order valence-corrected chi connectivity index (χ3v) is 7.68. The van der Waals surface area contributed by atoms with E-state index >= 15 is 0 Å². The largest absolute Gasteiger partial charge is 0.416 e. The molecule has 2 aliphatic rings. The number of carbonyl (C=O) groups excluding carboxylic acids is 2. The molecule has 4 rings (SSSR count). The van der Waals surface area contributed by atoms with E-state index in [1.54, 1.807) is 4.90 Å². The van der Waals surface area contributed by atoms with Crippen LogP contribution in [-0.4, -0.2) is 60.9 Å². The van der Waals surface area contributed by atoms with E-state index in [0.29, 0.717) is 31.3 Å². The van der Waals surface area contributed by atoms with Crippen LogP contribution in [-0.2, 0) is 11.0 Å². The van der Waals surface area contributed by atoms with E-state index in [4.69, 9.17) is 0 Å². The van der Waals surface area contributed by atoms with Gasteiger partial charge in [0, 0.05) is 31.7 Å². The Morgan fingerprint density at radius 1 is 0.947 bits per heavy atom. The van der Waals surface area contributed by atoms with Gasteiger partial charge in [-0.1, -0.05) is 31.4 Å². The fraction of sp³-hybridized carbons (Fsp3) is 0.517. The van der Waals surface area contributed by atoms with E-state index in [1.165, 1.54) is 17.7 Å². The van der Waals surface area contributed by atoms with Gasteiger partial charge in [-0.2, -0.15) is 13.2 Å². The number of likely N-dealkylation sites (N-methyl/N-ethyl adjacent to an activating group) is 1. The van der Waals surface area contributed by atoms with Crippen molar-refractivity contribution in [2.24, 2.45) is 5.92 Å². The minimum atomic E-state index is -4.48. The lowest BCUT2D eigenvalue weighted by atomic mass is 10.0. The summed E-state index contributed by atoms with van der Waals surface area (Å²) in [4.78, 5) is 30.0. The van der Waals surface area contributed by atoms with E-state index in [-0.39, 0.29) is 17.3 Å². The van der Waals surface area contributed by atoms with Crippen LogP contribution in [0.5, 0.6) is 0 Å². The Hall–Kier alpha value is -2.94. The summed E-state index contributed by atoms with van der Waals surface area (Å²) < 4.78 is 51.8. The monoisotopic (exact) mass is 533 g/mol. The first kappa shape index (κ1) is 28.1. The number of piperazine rings is 1. The minimum Gasteiger partial charge on any atom is -0.340 e. The van der Waals surface area contributed by atoms with Gasteiger partial charge in [-0.3, -0.25) is 9.59 Å². The van der Waals surface area contributed by atoms with E-state index in [0.717, 1.165) is 69.5 Å².